The van der Waals surface area contributed by atoms with Gasteiger partial charge in [-0.15, -0.1) is 12.4 Å². The van der Waals surface area contributed by atoms with Crippen molar-refractivity contribution in [1.29, 1.82) is 0 Å². The van der Waals surface area contributed by atoms with Gasteiger partial charge in [0.05, 0.1) is 0 Å². The average Bonchev–Trinajstić information content (AvgIpc) is 3.10. The number of amides is 1. The van der Waals surface area contributed by atoms with Crippen LogP contribution in [-0.2, 0) is 14.9 Å². The van der Waals surface area contributed by atoms with Crippen molar-refractivity contribution in [2.75, 3.05) is 26.3 Å². The number of carbonyl (C=O) groups is 1. The fraction of sp³-hybridized carbons (Fsp3) is 0.632. The summed E-state index contributed by atoms with van der Waals surface area (Å²) in [5, 5.41) is 3.99. The zero-order chi connectivity index (χ0) is 17.0. The third kappa shape index (κ3) is 4.48. The van der Waals surface area contributed by atoms with Crippen molar-refractivity contribution in [2.45, 2.75) is 37.5 Å². The Labute approximate surface area is 161 Å². The molecule has 1 aliphatic carbocycles. The molecule has 1 heterocycles. The van der Waals surface area contributed by atoms with E-state index in [1.165, 1.54) is 0 Å². The Bertz CT molecular complexity index is 576. The maximum atomic E-state index is 12.7. The first-order valence-corrected chi connectivity index (χ1v) is 9.34. The predicted octanol–water partition coefficient (Wildman–Crippen LogP) is 3.30. The molecule has 1 amide bonds. The molecule has 0 unspecified atom stereocenters. The van der Waals surface area contributed by atoms with E-state index >= 15 is 0 Å². The molecule has 4 nitrogen and oxygen atoms in total. The molecule has 1 saturated heterocycles. The van der Waals surface area contributed by atoms with Crippen LogP contribution in [0, 0.1) is 11.8 Å². The largest absolute Gasteiger partial charge is 0.381 e. The Morgan fingerprint density at radius 1 is 1.28 bits per heavy atom. The fourth-order valence-electron chi connectivity index (χ4n) is 4.25. The van der Waals surface area contributed by atoms with Crippen molar-refractivity contribution >= 4 is 29.9 Å². The Morgan fingerprint density at radius 2 is 2.00 bits per heavy atom. The number of rotatable bonds is 5. The minimum Gasteiger partial charge on any atom is -0.381 e. The van der Waals surface area contributed by atoms with Gasteiger partial charge in [-0.2, -0.15) is 0 Å². The second kappa shape index (κ2) is 9.22. The zero-order valence-electron chi connectivity index (χ0n) is 14.5. The van der Waals surface area contributed by atoms with Crippen LogP contribution in [0.5, 0.6) is 0 Å². The van der Waals surface area contributed by atoms with E-state index in [9.17, 15) is 4.79 Å². The van der Waals surface area contributed by atoms with E-state index in [0.717, 1.165) is 42.7 Å². The van der Waals surface area contributed by atoms with Crippen molar-refractivity contribution in [3.8, 4) is 0 Å². The van der Waals surface area contributed by atoms with Gasteiger partial charge in [-0.25, -0.2) is 0 Å². The minimum absolute atomic E-state index is 0. The molecule has 2 atom stereocenters. The molecule has 1 aromatic carbocycles. The standard InChI is InChI=1S/C19H27ClN2O2.ClH/c20-17-7-2-1-6-16(17)19(8-10-24-11-9-19)13-22-18(23)15-5-3-4-14(15)12-21;/h1-2,6-7,14-15H,3-5,8-13,21H2,(H,22,23);1H/t14-,15-;/m1./s1. The van der Waals surface area contributed by atoms with E-state index in [1.54, 1.807) is 0 Å². The first kappa shape index (κ1) is 20.5. The van der Waals surface area contributed by atoms with Gasteiger partial charge < -0.3 is 15.8 Å². The summed E-state index contributed by atoms with van der Waals surface area (Å²) in [5.74, 6) is 0.551. The van der Waals surface area contributed by atoms with Gasteiger partial charge in [0.25, 0.3) is 0 Å². The number of ether oxygens (including phenoxy) is 1. The van der Waals surface area contributed by atoms with Crippen LogP contribution in [0.15, 0.2) is 24.3 Å². The summed E-state index contributed by atoms with van der Waals surface area (Å²) in [4.78, 5) is 12.7. The third-order valence-corrected chi connectivity index (χ3v) is 6.12. The van der Waals surface area contributed by atoms with Crippen LogP contribution in [-0.4, -0.2) is 32.2 Å². The van der Waals surface area contributed by atoms with Crippen LogP contribution in [0.25, 0.3) is 0 Å². The molecule has 3 rings (SSSR count). The summed E-state index contributed by atoms with van der Waals surface area (Å²) in [6, 6.07) is 7.97. The monoisotopic (exact) mass is 386 g/mol. The Hall–Kier alpha value is -0.810. The molecule has 6 heteroatoms. The number of halogens is 2. The lowest BCUT2D eigenvalue weighted by molar-refractivity contribution is -0.126. The lowest BCUT2D eigenvalue weighted by Gasteiger charge is -2.38. The number of nitrogens with two attached hydrogens (primary N) is 1. The molecule has 0 aromatic heterocycles. The van der Waals surface area contributed by atoms with Gasteiger partial charge in [0.15, 0.2) is 0 Å². The molecule has 1 aromatic rings. The van der Waals surface area contributed by atoms with Gasteiger partial charge in [-0.05, 0) is 49.8 Å². The van der Waals surface area contributed by atoms with E-state index in [2.05, 4.69) is 11.4 Å². The highest BCUT2D eigenvalue weighted by Crippen LogP contribution is 2.38. The first-order valence-electron chi connectivity index (χ1n) is 8.97. The van der Waals surface area contributed by atoms with Crippen LogP contribution < -0.4 is 11.1 Å². The predicted molar refractivity (Wildman–Crippen MR) is 103 cm³/mol. The van der Waals surface area contributed by atoms with E-state index in [-0.39, 0.29) is 29.6 Å². The lowest BCUT2D eigenvalue weighted by Crippen LogP contribution is -2.47. The SMILES string of the molecule is Cl.NC[C@H]1CCC[C@H]1C(=O)NCC1(c2ccccc2Cl)CCOCC1. The highest BCUT2D eigenvalue weighted by molar-refractivity contribution is 6.31. The number of nitrogens with one attached hydrogen (secondary N) is 1. The smallest absolute Gasteiger partial charge is 0.223 e. The number of benzene rings is 1. The normalized spacial score (nSPS) is 25.2. The molecule has 0 spiro atoms. The maximum absolute atomic E-state index is 12.7. The van der Waals surface area contributed by atoms with Crippen LogP contribution >= 0.6 is 24.0 Å². The molecule has 1 saturated carbocycles. The van der Waals surface area contributed by atoms with Crippen molar-refractivity contribution in [3.05, 3.63) is 34.9 Å². The Kier molecular flexibility index (Phi) is 7.56. The van der Waals surface area contributed by atoms with Gasteiger partial charge in [0.2, 0.25) is 5.91 Å². The minimum atomic E-state index is -0.136. The summed E-state index contributed by atoms with van der Waals surface area (Å²) in [6.45, 7) is 2.63. The summed E-state index contributed by atoms with van der Waals surface area (Å²) in [5.41, 5.74) is 6.81. The van der Waals surface area contributed by atoms with Gasteiger partial charge in [0.1, 0.15) is 0 Å². The molecule has 1 aliphatic heterocycles. The van der Waals surface area contributed by atoms with Crippen LogP contribution in [0.4, 0.5) is 0 Å². The van der Waals surface area contributed by atoms with Crippen LogP contribution in [0.3, 0.4) is 0 Å². The van der Waals surface area contributed by atoms with Gasteiger partial charge in [-0.3, -0.25) is 4.79 Å². The Morgan fingerprint density at radius 3 is 2.68 bits per heavy atom. The highest BCUT2D eigenvalue weighted by Gasteiger charge is 2.38. The Balaban J connectivity index is 0.00000225. The topological polar surface area (TPSA) is 64.4 Å². The van der Waals surface area contributed by atoms with Crippen molar-refractivity contribution in [3.63, 3.8) is 0 Å². The van der Waals surface area contributed by atoms with E-state index in [4.69, 9.17) is 22.1 Å². The summed E-state index contributed by atoms with van der Waals surface area (Å²) in [6.07, 6.45) is 4.88. The van der Waals surface area contributed by atoms with Crippen LogP contribution in [0.1, 0.15) is 37.7 Å². The van der Waals surface area contributed by atoms with Gasteiger partial charge >= 0.3 is 0 Å². The zero-order valence-corrected chi connectivity index (χ0v) is 16.1. The summed E-state index contributed by atoms with van der Waals surface area (Å²) >= 11 is 6.47. The quantitative estimate of drug-likeness (QED) is 0.815. The molecular weight excluding hydrogens is 359 g/mol. The molecule has 2 fully saturated rings. The molecule has 3 N–H and O–H groups in total. The summed E-state index contributed by atoms with van der Waals surface area (Å²) in [7, 11) is 0. The average molecular weight is 387 g/mol. The summed E-state index contributed by atoms with van der Waals surface area (Å²) < 4.78 is 5.55. The van der Waals surface area contributed by atoms with Crippen molar-refractivity contribution in [1.82, 2.24) is 5.32 Å². The van der Waals surface area contributed by atoms with Gasteiger partial charge in [-0.1, -0.05) is 36.2 Å². The fourth-order valence-corrected chi connectivity index (χ4v) is 4.58. The molecule has 0 radical (unpaired) electrons. The maximum Gasteiger partial charge on any atom is 0.223 e. The molecule has 140 valence electrons. The molecular formula is C19H28Cl2N2O2. The molecule has 25 heavy (non-hydrogen) atoms. The number of carbonyl (C=O) groups excluding carboxylic acids is 1. The van der Waals surface area contributed by atoms with Crippen molar-refractivity contribution < 1.29 is 9.53 Å². The third-order valence-electron chi connectivity index (χ3n) is 5.79. The van der Waals surface area contributed by atoms with E-state index in [1.807, 2.05) is 18.2 Å². The second-order valence-electron chi connectivity index (χ2n) is 7.12. The van der Waals surface area contributed by atoms with Gasteiger partial charge in [0, 0.05) is 36.1 Å². The van der Waals surface area contributed by atoms with Crippen LogP contribution in [0.2, 0.25) is 5.02 Å². The number of hydrogen-bond acceptors (Lipinski definition) is 3. The second-order valence-corrected chi connectivity index (χ2v) is 7.53. The molecule has 2 aliphatic rings. The highest BCUT2D eigenvalue weighted by atomic mass is 35.5. The van der Waals surface area contributed by atoms with Crippen molar-refractivity contribution in [2.24, 2.45) is 17.6 Å². The van der Waals surface area contributed by atoms with E-state index < -0.39 is 0 Å². The number of hydrogen-bond donors (Lipinski definition) is 2. The lowest BCUT2D eigenvalue weighted by atomic mass is 9.74. The van der Waals surface area contributed by atoms with E-state index in [0.29, 0.717) is 32.2 Å². The molecule has 0 bridgehead atoms. The first-order chi connectivity index (χ1) is 11.7.